The van der Waals surface area contributed by atoms with Crippen molar-refractivity contribution >= 4 is 29.0 Å². The van der Waals surface area contributed by atoms with E-state index in [2.05, 4.69) is 4.51 Å². The molecule has 0 radical (unpaired) electrons. The molecule has 0 aliphatic carbocycles. The summed E-state index contributed by atoms with van der Waals surface area (Å²) in [5.74, 6) is 0.739. The lowest BCUT2D eigenvalue weighted by Crippen LogP contribution is -1.83. The minimum Gasteiger partial charge on any atom is -0.455 e. The number of halogens is 1. The molecule has 1 aromatic heterocycles. The summed E-state index contributed by atoms with van der Waals surface area (Å²) >= 11 is -0.690. The maximum Gasteiger partial charge on any atom is 0.251 e. The van der Waals surface area contributed by atoms with E-state index in [0.717, 1.165) is 0 Å². The molecular formula is C7H7IO3. The molecule has 0 unspecified atom stereocenters. The number of hydrogen-bond donors (Lipinski definition) is 1. The van der Waals surface area contributed by atoms with Crippen LogP contribution in [0.3, 0.4) is 0 Å². The molecule has 3 nitrogen and oxygen atoms in total. The number of hydrogen-bond acceptors (Lipinski definition) is 3. The van der Waals surface area contributed by atoms with Crippen molar-refractivity contribution in [1.29, 1.82) is 0 Å². The molecule has 11 heavy (non-hydrogen) atoms. The van der Waals surface area contributed by atoms with Gasteiger partial charge >= 0.3 is 0 Å². The van der Waals surface area contributed by atoms with E-state index in [9.17, 15) is 4.79 Å². The topological polar surface area (TPSA) is 50.4 Å². The van der Waals surface area contributed by atoms with Gasteiger partial charge in [0.05, 0.1) is 0 Å². The number of carbonyl (C=O) groups is 1. The molecule has 0 saturated carbocycles. The SMILES string of the molecule is C=IC(=O)c1ccc(CO)o1. The number of rotatable bonds is 3. The Morgan fingerprint density at radius 1 is 1.73 bits per heavy atom. The highest BCUT2D eigenvalue weighted by atomic mass is 127. The van der Waals surface area contributed by atoms with Crippen molar-refractivity contribution in [1.82, 2.24) is 0 Å². The first-order chi connectivity index (χ1) is 5.27. The largest absolute Gasteiger partial charge is 0.455 e. The van der Waals surface area contributed by atoms with Gasteiger partial charge in [0.25, 0.3) is 3.79 Å². The van der Waals surface area contributed by atoms with Crippen LogP contribution in [0, 0.1) is 0 Å². The molecule has 4 heteroatoms. The van der Waals surface area contributed by atoms with Gasteiger partial charge in [-0.05, 0) is 32.9 Å². The summed E-state index contributed by atoms with van der Waals surface area (Å²) in [6.07, 6.45) is 0. The van der Waals surface area contributed by atoms with Crippen molar-refractivity contribution in [2.45, 2.75) is 6.61 Å². The van der Waals surface area contributed by atoms with Gasteiger partial charge in [-0.1, -0.05) is 4.51 Å². The Labute approximate surface area is 73.8 Å². The predicted molar refractivity (Wildman–Crippen MR) is 50.1 cm³/mol. The summed E-state index contributed by atoms with van der Waals surface area (Å²) in [4.78, 5) is 11.0. The fourth-order valence-electron chi connectivity index (χ4n) is 0.634. The third-order valence-electron chi connectivity index (χ3n) is 1.13. The minimum absolute atomic E-state index is 0.0384. The van der Waals surface area contributed by atoms with Gasteiger partial charge in [0.1, 0.15) is 12.4 Å². The lowest BCUT2D eigenvalue weighted by Gasteiger charge is -1.86. The van der Waals surface area contributed by atoms with Crippen LogP contribution in [0.5, 0.6) is 0 Å². The molecule has 0 aliphatic rings. The number of furan rings is 1. The summed E-state index contributed by atoms with van der Waals surface area (Å²) in [6, 6.07) is 3.16. The Hall–Kier alpha value is -0.490. The molecule has 1 heterocycles. The van der Waals surface area contributed by atoms with E-state index in [1.807, 2.05) is 0 Å². The molecule has 0 fully saturated rings. The van der Waals surface area contributed by atoms with Crippen molar-refractivity contribution in [2.75, 3.05) is 0 Å². The van der Waals surface area contributed by atoms with Crippen LogP contribution in [0.1, 0.15) is 16.3 Å². The van der Waals surface area contributed by atoms with Crippen molar-refractivity contribution in [3.63, 3.8) is 0 Å². The van der Waals surface area contributed by atoms with Gasteiger partial charge in [-0.15, -0.1) is 0 Å². The number of carbonyl (C=O) groups excluding carboxylic acids is 1. The highest BCUT2D eigenvalue weighted by Crippen LogP contribution is 2.13. The molecule has 0 atom stereocenters. The fourth-order valence-corrected chi connectivity index (χ4v) is 1.30. The van der Waals surface area contributed by atoms with Crippen LogP contribution < -0.4 is 0 Å². The van der Waals surface area contributed by atoms with Gasteiger partial charge in [0.15, 0.2) is 5.76 Å². The second-order valence-corrected chi connectivity index (χ2v) is 3.57. The Morgan fingerprint density at radius 2 is 2.45 bits per heavy atom. The molecule has 0 bridgehead atoms. The molecule has 0 aromatic carbocycles. The van der Waals surface area contributed by atoms with Crippen molar-refractivity contribution in [3.8, 4) is 0 Å². The normalized spacial score (nSPS) is 9.91. The lowest BCUT2D eigenvalue weighted by atomic mass is 10.4. The molecule has 0 amide bonds. The number of aliphatic hydroxyl groups is 1. The zero-order chi connectivity index (χ0) is 8.27. The average Bonchev–Trinajstić information content (AvgIpc) is 2.50. The summed E-state index contributed by atoms with van der Waals surface area (Å²) < 4.78 is 8.47. The molecule has 0 aliphatic heterocycles. The Morgan fingerprint density at radius 3 is 2.91 bits per heavy atom. The van der Waals surface area contributed by atoms with Crippen LogP contribution in [0.2, 0.25) is 0 Å². The van der Waals surface area contributed by atoms with E-state index in [-0.39, 0.29) is 10.4 Å². The average molecular weight is 266 g/mol. The van der Waals surface area contributed by atoms with E-state index < -0.39 is 20.7 Å². The van der Waals surface area contributed by atoms with Crippen LogP contribution >= 0.6 is 20.7 Å². The van der Waals surface area contributed by atoms with Gasteiger partial charge < -0.3 is 9.52 Å². The van der Waals surface area contributed by atoms with E-state index in [4.69, 9.17) is 9.52 Å². The van der Waals surface area contributed by atoms with Crippen molar-refractivity contribution in [3.05, 3.63) is 23.7 Å². The highest BCUT2D eigenvalue weighted by molar-refractivity contribution is 14.2. The smallest absolute Gasteiger partial charge is 0.251 e. The Balaban J connectivity index is 2.88. The zero-order valence-corrected chi connectivity index (χ0v) is 7.87. The van der Waals surface area contributed by atoms with E-state index in [0.29, 0.717) is 11.5 Å². The van der Waals surface area contributed by atoms with Gasteiger partial charge in [0.2, 0.25) is 0 Å². The molecule has 1 N–H and O–H groups in total. The molecule has 1 rings (SSSR count). The molecule has 1 aromatic rings. The summed E-state index contributed by atoms with van der Waals surface area (Å²) in [7, 11) is 0. The monoisotopic (exact) mass is 266 g/mol. The third kappa shape index (κ3) is 1.97. The zero-order valence-electron chi connectivity index (χ0n) is 5.71. The lowest BCUT2D eigenvalue weighted by molar-refractivity contribution is 0.107. The molecular weight excluding hydrogens is 259 g/mol. The van der Waals surface area contributed by atoms with Gasteiger partial charge in [0, 0.05) is 0 Å². The molecule has 0 saturated heterocycles. The first kappa shape index (κ1) is 8.61. The van der Waals surface area contributed by atoms with Crippen LogP contribution in [-0.4, -0.2) is 13.4 Å². The van der Waals surface area contributed by atoms with Gasteiger partial charge in [-0.2, -0.15) is 0 Å². The quantitative estimate of drug-likeness (QED) is 0.663. The van der Waals surface area contributed by atoms with Crippen LogP contribution in [0.25, 0.3) is 0 Å². The standard InChI is InChI=1S/C7H7IO3/c1-8-7(10)6-3-2-5(4-9)11-6/h2-3,9H,1,4H2. The Bertz CT molecular complexity index is 277. The fraction of sp³-hybridized carbons (Fsp3) is 0.143. The highest BCUT2D eigenvalue weighted by Gasteiger charge is 2.06. The van der Waals surface area contributed by atoms with Crippen LogP contribution in [0.4, 0.5) is 0 Å². The summed E-state index contributed by atoms with van der Waals surface area (Å²) in [5.41, 5.74) is 0. The second-order valence-electron chi connectivity index (χ2n) is 1.83. The third-order valence-corrected chi connectivity index (χ3v) is 2.36. The van der Waals surface area contributed by atoms with E-state index in [1.54, 1.807) is 12.1 Å². The summed E-state index contributed by atoms with van der Waals surface area (Å²) in [6.45, 7) is -0.164. The van der Waals surface area contributed by atoms with Gasteiger partial charge in [-0.3, -0.25) is 4.79 Å². The first-order valence-electron chi connectivity index (χ1n) is 2.90. The predicted octanol–water partition coefficient (Wildman–Crippen LogP) is 1.31. The van der Waals surface area contributed by atoms with E-state index in [1.165, 1.54) is 0 Å². The number of aliphatic hydroxyl groups excluding tert-OH is 1. The Kier molecular flexibility index (Phi) is 2.95. The first-order valence-corrected chi connectivity index (χ1v) is 5.50. The second kappa shape index (κ2) is 3.77. The molecule has 60 valence electrons. The maximum absolute atomic E-state index is 11.0. The minimum atomic E-state index is -0.690. The molecule has 0 spiro atoms. The van der Waals surface area contributed by atoms with Gasteiger partial charge in [-0.25, -0.2) is 0 Å². The van der Waals surface area contributed by atoms with Crippen molar-refractivity contribution in [2.24, 2.45) is 0 Å². The summed E-state index contributed by atoms with van der Waals surface area (Å²) in [5, 5.41) is 8.59. The van der Waals surface area contributed by atoms with Crippen molar-refractivity contribution < 1.29 is 14.3 Å². The maximum atomic E-state index is 11.0. The van der Waals surface area contributed by atoms with E-state index >= 15 is 0 Å². The van der Waals surface area contributed by atoms with Crippen LogP contribution in [-0.2, 0) is 6.61 Å². The van der Waals surface area contributed by atoms with Crippen LogP contribution in [0.15, 0.2) is 16.5 Å².